The third-order valence-corrected chi connectivity index (χ3v) is 3.40. The first kappa shape index (κ1) is 14.3. The van der Waals surface area contributed by atoms with Gasteiger partial charge in [0.05, 0.1) is 16.9 Å². The second-order valence-electron chi connectivity index (χ2n) is 4.89. The quantitative estimate of drug-likeness (QED) is 0.541. The number of nitrogen functional groups attached to an aromatic ring is 1. The molecule has 1 aromatic carbocycles. The Morgan fingerprint density at radius 1 is 1.32 bits per heavy atom. The Morgan fingerprint density at radius 2 is 2.18 bits per heavy atom. The number of aliphatic hydroxyl groups excluding tert-OH is 1. The van der Waals surface area contributed by atoms with Crippen molar-refractivity contribution in [3.63, 3.8) is 0 Å². The second kappa shape index (κ2) is 5.98. The second-order valence-corrected chi connectivity index (χ2v) is 4.89. The predicted octanol–water partition coefficient (Wildman–Crippen LogP) is 2.14. The molecule has 22 heavy (non-hydrogen) atoms. The molecule has 3 rings (SSSR count). The van der Waals surface area contributed by atoms with E-state index >= 15 is 0 Å². The van der Waals surface area contributed by atoms with Gasteiger partial charge in [0.25, 0.3) is 0 Å². The molecule has 114 valence electrons. The predicted molar refractivity (Wildman–Crippen MR) is 83.9 cm³/mol. The number of aromatic nitrogens is 3. The lowest BCUT2D eigenvalue weighted by Gasteiger charge is -2.12. The van der Waals surface area contributed by atoms with Gasteiger partial charge in [-0.1, -0.05) is 6.07 Å². The number of nitrogens with one attached hydrogen (secondary N) is 2. The summed E-state index contributed by atoms with van der Waals surface area (Å²) in [6, 6.07) is 7.33. The van der Waals surface area contributed by atoms with Gasteiger partial charge in [-0.25, -0.2) is 9.37 Å². The number of pyridine rings is 1. The number of nitrogens with two attached hydrogens (primary N) is 1. The van der Waals surface area contributed by atoms with Crippen LogP contribution in [-0.4, -0.2) is 33.4 Å². The van der Waals surface area contributed by atoms with Crippen LogP contribution in [0.5, 0.6) is 0 Å². The normalized spacial score (nSPS) is 11.0. The maximum Gasteiger partial charge on any atom is 0.188 e. The molecule has 0 radical (unpaired) electrons. The summed E-state index contributed by atoms with van der Waals surface area (Å²) in [4.78, 5) is 4.11. The van der Waals surface area contributed by atoms with Crippen LogP contribution in [0.25, 0.3) is 22.2 Å². The summed E-state index contributed by atoms with van der Waals surface area (Å²) < 4.78 is 14.2. The fourth-order valence-electron chi connectivity index (χ4n) is 2.31. The average molecular weight is 301 g/mol. The van der Waals surface area contributed by atoms with Crippen LogP contribution in [0.2, 0.25) is 0 Å². The smallest absolute Gasteiger partial charge is 0.188 e. The number of hydrogen-bond donors (Lipinski definition) is 4. The number of aromatic amines is 1. The lowest BCUT2D eigenvalue weighted by atomic mass is 10.1. The van der Waals surface area contributed by atoms with Gasteiger partial charge in [-0.05, 0) is 24.6 Å². The van der Waals surface area contributed by atoms with Crippen molar-refractivity contribution in [1.82, 2.24) is 15.2 Å². The Kier molecular flexibility index (Phi) is 3.88. The molecule has 0 amide bonds. The summed E-state index contributed by atoms with van der Waals surface area (Å²) in [6.45, 7) is 0.491. The average Bonchev–Trinajstić information content (AvgIpc) is 3.05. The van der Waals surface area contributed by atoms with Gasteiger partial charge in [0, 0.05) is 30.3 Å². The van der Waals surface area contributed by atoms with E-state index in [1.807, 2.05) is 18.2 Å². The van der Waals surface area contributed by atoms with Crippen molar-refractivity contribution in [3.05, 3.63) is 36.3 Å². The van der Waals surface area contributed by atoms with E-state index in [2.05, 4.69) is 20.5 Å². The first-order chi connectivity index (χ1) is 10.7. The van der Waals surface area contributed by atoms with Crippen molar-refractivity contribution in [2.45, 2.75) is 6.42 Å². The fraction of sp³-hybridized carbons (Fsp3) is 0.200. The maximum absolute atomic E-state index is 14.2. The first-order valence-corrected chi connectivity index (χ1v) is 6.94. The van der Waals surface area contributed by atoms with E-state index in [9.17, 15) is 4.39 Å². The van der Waals surface area contributed by atoms with E-state index < -0.39 is 5.82 Å². The largest absolute Gasteiger partial charge is 0.396 e. The minimum atomic E-state index is -0.570. The van der Waals surface area contributed by atoms with Crippen molar-refractivity contribution < 1.29 is 9.50 Å². The molecule has 2 aromatic heterocycles. The van der Waals surface area contributed by atoms with Crippen molar-refractivity contribution in [1.29, 1.82) is 0 Å². The van der Waals surface area contributed by atoms with Gasteiger partial charge in [0.15, 0.2) is 11.6 Å². The number of anilines is 2. The van der Waals surface area contributed by atoms with Crippen molar-refractivity contribution in [2.24, 2.45) is 0 Å². The molecular formula is C15H16FN5O. The monoisotopic (exact) mass is 301 g/mol. The van der Waals surface area contributed by atoms with E-state index in [1.54, 1.807) is 12.3 Å². The fourth-order valence-corrected chi connectivity index (χ4v) is 2.31. The molecular weight excluding hydrogens is 285 g/mol. The molecule has 6 nitrogen and oxygen atoms in total. The van der Waals surface area contributed by atoms with Gasteiger partial charge in [-0.15, -0.1) is 0 Å². The first-order valence-electron chi connectivity index (χ1n) is 6.94. The highest BCUT2D eigenvalue weighted by atomic mass is 19.1. The number of rotatable bonds is 5. The van der Waals surface area contributed by atoms with E-state index in [0.717, 1.165) is 11.3 Å². The molecule has 0 aliphatic carbocycles. The van der Waals surface area contributed by atoms with E-state index in [-0.39, 0.29) is 12.4 Å². The van der Waals surface area contributed by atoms with Gasteiger partial charge in [-0.2, -0.15) is 5.10 Å². The highest BCUT2D eigenvalue weighted by molar-refractivity contribution is 5.95. The molecule has 5 N–H and O–H groups in total. The molecule has 0 fully saturated rings. The molecule has 0 bridgehead atoms. The summed E-state index contributed by atoms with van der Waals surface area (Å²) in [5.41, 5.74) is 8.31. The topological polar surface area (TPSA) is 99.9 Å². The van der Waals surface area contributed by atoms with E-state index in [1.165, 1.54) is 0 Å². The molecule has 0 saturated carbocycles. The molecule has 0 aliphatic heterocycles. The number of aliphatic hydroxyl groups is 1. The zero-order chi connectivity index (χ0) is 15.5. The molecule has 0 atom stereocenters. The zero-order valence-corrected chi connectivity index (χ0v) is 11.8. The van der Waals surface area contributed by atoms with Gasteiger partial charge >= 0.3 is 0 Å². The highest BCUT2D eigenvalue weighted by Gasteiger charge is 2.14. The zero-order valence-electron chi connectivity index (χ0n) is 11.8. The van der Waals surface area contributed by atoms with E-state index in [4.69, 9.17) is 10.8 Å². The van der Waals surface area contributed by atoms with Gasteiger partial charge in [0.2, 0.25) is 0 Å². The highest BCUT2D eigenvalue weighted by Crippen LogP contribution is 2.31. The number of fused-ring (bicyclic) bond motifs is 1. The van der Waals surface area contributed by atoms with E-state index in [0.29, 0.717) is 29.6 Å². The summed E-state index contributed by atoms with van der Waals surface area (Å²) in [5.74, 6) is -0.722. The van der Waals surface area contributed by atoms with Gasteiger partial charge < -0.3 is 16.2 Å². The van der Waals surface area contributed by atoms with Crippen LogP contribution in [0.1, 0.15) is 6.42 Å². The maximum atomic E-state index is 14.2. The minimum Gasteiger partial charge on any atom is -0.396 e. The summed E-state index contributed by atoms with van der Waals surface area (Å²) in [5, 5.41) is 19.3. The van der Waals surface area contributed by atoms with Crippen LogP contribution < -0.4 is 11.1 Å². The number of H-pyrrole nitrogens is 1. The third-order valence-electron chi connectivity index (χ3n) is 3.40. The van der Waals surface area contributed by atoms with Crippen molar-refractivity contribution in [3.8, 4) is 11.3 Å². The SMILES string of the molecule is Nc1nc2cc(-c3ccn[nH]3)ccc2c(NCCCO)c1F. The Labute approximate surface area is 126 Å². The standard InChI is InChI=1S/C15H16FN5O/c16-13-14(18-5-1-7-22)10-3-2-9(11-4-6-19-21-11)8-12(10)20-15(13)17/h2-4,6,8,22H,1,5,7H2,(H,19,21)(H3,17,18,20). The lowest BCUT2D eigenvalue weighted by molar-refractivity contribution is 0.292. The lowest BCUT2D eigenvalue weighted by Crippen LogP contribution is -2.08. The molecule has 0 unspecified atom stereocenters. The van der Waals surface area contributed by atoms with Crippen molar-refractivity contribution >= 4 is 22.4 Å². The Bertz CT molecular complexity index is 788. The van der Waals surface area contributed by atoms with Crippen LogP contribution in [0.15, 0.2) is 30.5 Å². The Balaban J connectivity index is 2.08. The third kappa shape index (κ3) is 2.58. The molecule has 0 aliphatic rings. The Morgan fingerprint density at radius 3 is 2.91 bits per heavy atom. The van der Waals surface area contributed by atoms with Crippen LogP contribution in [0.3, 0.4) is 0 Å². The van der Waals surface area contributed by atoms with Gasteiger partial charge in [0.1, 0.15) is 0 Å². The molecule has 0 spiro atoms. The Hall–Kier alpha value is -2.67. The molecule has 7 heteroatoms. The molecule has 0 saturated heterocycles. The number of hydrogen-bond acceptors (Lipinski definition) is 5. The van der Waals surface area contributed by atoms with Crippen molar-refractivity contribution in [2.75, 3.05) is 24.2 Å². The van der Waals surface area contributed by atoms with Crippen LogP contribution in [0, 0.1) is 5.82 Å². The number of nitrogens with zero attached hydrogens (tertiary/aromatic N) is 2. The van der Waals surface area contributed by atoms with Crippen LogP contribution >= 0.6 is 0 Å². The van der Waals surface area contributed by atoms with Crippen LogP contribution in [-0.2, 0) is 0 Å². The summed E-state index contributed by atoms with van der Waals surface area (Å²) >= 11 is 0. The number of benzene rings is 1. The summed E-state index contributed by atoms with van der Waals surface area (Å²) in [6.07, 6.45) is 2.18. The molecule has 2 heterocycles. The summed E-state index contributed by atoms with van der Waals surface area (Å²) in [7, 11) is 0. The van der Waals surface area contributed by atoms with Gasteiger partial charge in [-0.3, -0.25) is 5.10 Å². The van der Waals surface area contributed by atoms with Crippen LogP contribution in [0.4, 0.5) is 15.9 Å². The number of halogens is 1. The molecule has 3 aromatic rings. The minimum absolute atomic E-state index is 0.0388.